The van der Waals surface area contributed by atoms with Crippen LogP contribution < -0.4 is 10.5 Å². The Morgan fingerprint density at radius 3 is 3.04 bits per heavy atom. The predicted octanol–water partition coefficient (Wildman–Crippen LogP) is 3.62. The molecule has 3 aromatic rings. The van der Waals surface area contributed by atoms with Crippen molar-refractivity contribution < 1.29 is 9.26 Å². The van der Waals surface area contributed by atoms with Crippen molar-refractivity contribution in [1.82, 2.24) is 10.1 Å². The monoisotopic (exact) mass is 346 g/mol. The van der Waals surface area contributed by atoms with Crippen molar-refractivity contribution in [1.29, 1.82) is 5.26 Å². The van der Waals surface area contributed by atoms with E-state index in [-0.39, 0.29) is 6.04 Å². The normalized spacial score (nSPS) is 15.5. The number of rotatable bonds is 4. The summed E-state index contributed by atoms with van der Waals surface area (Å²) in [6.45, 7) is 2.38. The minimum Gasteiger partial charge on any atom is -0.492 e. The van der Waals surface area contributed by atoms with Crippen molar-refractivity contribution in [3.05, 3.63) is 53.1 Å². The molecule has 0 bridgehead atoms. The molecule has 0 fully saturated rings. The van der Waals surface area contributed by atoms with Crippen LogP contribution in [0, 0.1) is 11.3 Å². The molecule has 1 aliphatic rings. The zero-order valence-corrected chi connectivity index (χ0v) is 14.4. The predicted molar refractivity (Wildman–Crippen MR) is 96.3 cm³/mol. The van der Waals surface area contributed by atoms with Gasteiger partial charge >= 0.3 is 0 Å². The molecule has 1 atom stereocenters. The lowest BCUT2D eigenvalue weighted by Crippen LogP contribution is -2.04. The third-order valence-electron chi connectivity index (χ3n) is 4.63. The van der Waals surface area contributed by atoms with E-state index in [1.165, 1.54) is 5.56 Å². The maximum atomic E-state index is 9.32. The van der Waals surface area contributed by atoms with E-state index < -0.39 is 0 Å². The molecule has 4 rings (SSSR count). The molecule has 0 unspecified atom stereocenters. The third kappa shape index (κ3) is 2.72. The highest BCUT2D eigenvalue weighted by Gasteiger charge is 2.24. The first kappa shape index (κ1) is 16.3. The first-order valence-corrected chi connectivity index (χ1v) is 8.60. The second-order valence-electron chi connectivity index (χ2n) is 6.20. The second kappa shape index (κ2) is 6.62. The molecule has 1 aromatic heterocycles. The van der Waals surface area contributed by atoms with E-state index in [1.54, 1.807) is 12.1 Å². The number of fused-ring (bicyclic) bond motifs is 1. The Morgan fingerprint density at radius 1 is 1.35 bits per heavy atom. The van der Waals surface area contributed by atoms with Gasteiger partial charge in [-0.25, -0.2) is 0 Å². The molecule has 130 valence electrons. The number of hydrogen-bond acceptors (Lipinski definition) is 6. The standard InChI is InChI=1S/C20H18N4O2/c1-2-25-18-9-6-12(10-13(18)11-21)20-23-19(24-26-20)16-5-3-4-15-14(16)7-8-17(15)22/h3-6,9-10,17H,2,7-8,22H2,1H3/t17-/m1/s1. The molecule has 0 saturated carbocycles. The maximum Gasteiger partial charge on any atom is 0.258 e. The molecule has 0 saturated heterocycles. The van der Waals surface area contributed by atoms with E-state index in [9.17, 15) is 5.26 Å². The van der Waals surface area contributed by atoms with Gasteiger partial charge in [0.1, 0.15) is 11.8 Å². The van der Waals surface area contributed by atoms with Crippen LogP contribution in [0.15, 0.2) is 40.9 Å². The minimum absolute atomic E-state index is 0.0700. The summed E-state index contributed by atoms with van der Waals surface area (Å²) in [6, 6.07) is 13.5. The number of nitriles is 1. The first-order valence-electron chi connectivity index (χ1n) is 8.60. The molecular formula is C20H18N4O2. The quantitative estimate of drug-likeness (QED) is 0.775. The Labute approximate surface area is 151 Å². The Kier molecular flexibility index (Phi) is 4.15. The number of hydrogen-bond donors (Lipinski definition) is 1. The van der Waals surface area contributed by atoms with Gasteiger partial charge in [0, 0.05) is 17.2 Å². The number of benzene rings is 2. The lowest BCUT2D eigenvalue weighted by atomic mass is 10.0. The van der Waals surface area contributed by atoms with Crippen LogP contribution in [-0.4, -0.2) is 16.7 Å². The van der Waals surface area contributed by atoms with Gasteiger partial charge < -0.3 is 15.0 Å². The lowest BCUT2D eigenvalue weighted by Gasteiger charge is -2.06. The fourth-order valence-electron chi connectivity index (χ4n) is 3.38. The average Bonchev–Trinajstić information content (AvgIpc) is 3.30. The van der Waals surface area contributed by atoms with Crippen molar-refractivity contribution in [2.24, 2.45) is 5.73 Å². The lowest BCUT2D eigenvalue weighted by molar-refractivity contribution is 0.339. The Bertz CT molecular complexity index is 1000. The number of ether oxygens (including phenoxy) is 1. The molecule has 0 radical (unpaired) electrons. The molecule has 26 heavy (non-hydrogen) atoms. The van der Waals surface area contributed by atoms with E-state index >= 15 is 0 Å². The number of nitrogens with zero attached hydrogens (tertiary/aromatic N) is 3. The molecule has 0 spiro atoms. The molecule has 1 aliphatic carbocycles. The Hall–Kier alpha value is -3.17. The van der Waals surface area contributed by atoms with Crippen molar-refractivity contribution in [3.8, 4) is 34.7 Å². The maximum absolute atomic E-state index is 9.32. The van der Waals surface area contributed by atoms with Gasteiger partial charge in [-0.1, -0.05) is 23.4 Å². The van der Waals surface area contributed by atoms with Gasteiger partial charge in [-0.05, 0) is 49.1 Å². The van der Waals surface area contributed by atoms with Gasteiger partial charge in [0.2, 0.25) is 5.82 Å². The van der Waals surface area contributed by atoms with Gasteiger partial charge in [0.25, 0.3) is 5.89 Å². The Balaban J connectivity index is 1.71. The molecule has 0 aliphatic heterocycles. The van der Waals surface area contributed by atoms with Gasteiger partial charge in [0.15, 0.2) is 0 Å². The van der Waals surface area contributed by atoms with Crippen LogP contribution in [0.4, 0.5) is 0 Å². The van der Waals surface area contributed by atoms with Crippen LogP contribution >= 0.6 is 0 Å². The highest BCUT2D eigenvalue weighted by Crippen LogP contribution is 2.36. The van der Waals surface area contributed by atoms with Gasteiger partial charge in [-0.15, -0.1) is 0 Å². The second-order valence-corrected chi connectivity index (χ2v) is 6.20. The zero-order valence-electron chi connectivity index (χ0n) is 14.4. The SMILES string of the molecule is CCOc1ccc(-c2nc(-c3cccc4c3CC[C@H]4N)no2)cc1C#N. The molecule has 2 aromatic carbocycles. The van der Waals surface area contributed by atoms with Crippen LogP contribution in [0.3, 0.4) is 0 Å². The fraction of sp³-hybridized carbons (Fsp3) is 0.250. The van der Waals surface area contributed by atoms with Gasteiger partial charge in [-0.3, -0.25) is 0 Å². The van der Waals surface area contributed by atoms with Crippen molar-refractivity contribution >= 4 is 0 Å². The summed E-state index contributed by atoms with van der Waals surface area (Å²) < 4.78 is 10.9. The van der Waals surface area contributed by atoms with Crippen molar-refractivity contribution in [2.45, 2.75) is 25.8 Å². The van der Waals surface area contributed by atoms with Crippen molar-refractivity contribution in [3.63, 3.8) is 0 Å². The van der Waals surface area contributed by atoms with Gasteiger partial charge in [0.05, 0.1) is 12.2 Å². The molecule has 6 nitrogen and oxygen atoms in total. The average molecular weight is 346 g/mol. The van der Waals surface area contributed by atoms with Crippen LogP contribution in [-0.2, 0) is 6.42 Å². The zero-order chi connectivity index (χ0) is 18.1. The highest BCUT2D eigenvalue weighted by molar-refractivity contribution is 5.67. The van der Waals surface area contributed by atoms with Crippen LogP contribution in [0.1, 0.15) is 36.1 Å². The number of aromatic nitrogens is 2. The summed E-state index contributed by atoms with van der Waals surface area (Å²) in [5, 5.41) is 13.5. The molecule has 1 heterocycles. The number of nitrogens with two attached hydrogens (primary N) is 1. The van der Waals surface area contributed by atoms with Crippen LogP contribution in [0.2, 0.25) is 0 Å². The molecule has 2 N–H and O–H groups in total. The largest absolute Gasteiger partial charge is 0.492 e. The van der Waals surface area contributed by atoms with Crippen LogP contribution in [0.25, 0.3) is 22.8 Å². The molecular weight excluding hydrogens is 328 g/mol. The summed E-state index contributed by atoms with van der Waals surface area (Å²) in [6.07, 6.45) is 1.85. The van der Waals surface area contributed by atoms with Crippen molar-refractivity contribution in [2.75, 3.05) is 6.61 Å². The smallest absolute Gasteiger partial charge is 0.258 e. The van der Waals surface area contributed by atoms with Crippen LogP contribution in [0.5, 0.6) is 5.75 Å². The fourth-order valence-corrected chi connectivity index (χ4v) is 3.38. The summed E-state index contributed by atoms with van der Waals surface area (Å²) in [5.74, 6) is 1.46. The molecule has 6 heteroatoms. The highest BCUT2D eigenvalue weighted by atomic mass is 16.5. The first-order chi connectivity index (χ1) is 12.7. The minimum atomic E-state index is 0.0700. The molecule has 0 amide bonds. The van der Waals surface area contributed by atoms with E-state index in [2.05, 4.69) is 22.3 Å². The van der Waals surface area contributed by atoms with E-state index in [4.69, 9.17) is 15.0 Å². The summed E-state index contributed by atoms with van der Waals surface area (Å²) in [4.78, 5) is 4.54. The van der Waals surface area contributed by atoms with Gasteiger partial charge in [-0.2, -0.15) is 10.2 Å². The van der Waals surface area contributed by atoms with E-state index in [1.807, 2.05) is 25.1 Å². The topological polar surface area (TPSA) is 98.0 Å². The third-order valence-corrected chi connectivity index (χ3v) is 4.63. The van der Waals surface area contributed by atoms with E-state index in [0.717, 1.165) is 24.0 Å². The summed E-state index contributed by atoms with van der Waals surface area (Å²) >= 11 is 0. The van der Waals surface area contributed by atoms with E-state index in [0.29, 0.717) is 35.2 Å². The summed E-state index contributed by atoms with van der Waals surface area (Å²) in [5.41, 5.74) is 10.6. The summed E-state index contributed by atoms with van der Waals surface area (Å²) in [7, 11) is 0. The Morgan fingerprint density at radius 2 is 2.23 bits per heavy atom.